The van der Waals surface area contributed by atoms with Gasteiger partial charge in [0, 0.05) is 12.0 Å². The molecule has 0 atom stereocenters. The highest BCUT2D eigenvalue weighted by atomic mass is 16.5. The summed E-state index contributed by atoms with van der Waals surface area (Å²) in [4.78, 5) is 12.5. The summed E-state index contributed by atoms with van der Waals surface area (Å²) in [6.45, 7) is 4.05. The van der Waals surface area contributed by atoms with E-state index in [1.807, 2.05) is 13.8 Å². The molecule has 0 spiro atoms. The summed E-state index contributed by atoms with van der Waals surface area (Å²) in [7, 11) is 1.59. The summed E-state index contributed by atoms with van der Waals surface area (Å²) in [6, 6.07) is 0.180. The van der Waals surface area contributed by atoms with Gasteiger partial charge < -0.3 is 4.74 Å². The van der Waals surface area contributed by atoms with Gasteiger partial charge in [0.2, 0.25) is 0 Å². The van der Waals surface area contributed by atoms with Crippen molar-refractivity contribution in [2.24, 2.45) is 5.92 Å². The molecule has 0 saturated heterocycles. The van der Waals surface area contributed by atoms with Crippen molar-refractivity contribution in [3.8, 4) is 5.75 Å². The molecule has 0 aromatic carbocycles. The van der Waals surface area contributed by atoms with Crippen molar-refractivity contribution >= 4 is 5.78 Å². The molecule has 0 bridgehead atoms. The SMILES string of the molecule is COc1cnn(C(C)C)c1C(=O)C1CCCC1. The van der Waals surface area contributed by atoms with Crippen LogP contribution >= 0.6 is 0 Å². The predicted molar refractivity (Wildman–Crippen MR) is 65.5 cm³/mol. The topological polar surface area (TPSA) is 44.1 Å². The number of nitrogens with zero attached hydrogens (tertiary/aromatic N) is 2. The van der Waals surface area contributed by atoms with Crippen LogP contribution in [0.5, 0.6) is 5.75 Å². The van der Waals surface area contributed by atoms with E-state index in [0.29, 0.717) is 11.4 Å². The highest BCUT2D eigenvalue weighted by Gasteiger charge is 2.29. The summed E-state index contributed by atoms with van der Waals surface area (Å²) < 4.78 is 7.03. The Labute approximate surface area is 102 Å². The van der Waals surface area contributed by atoms with E-state index in [-0.39, 0.29) is 17.7 Å². The van der Waals surface area contributed by atoms with E-state index in [2.05, 4.69) is 5.10 Å². The van der Waals surface area contributed by atoms with Gasteiger partial charge in [0.25, 0.3) is 0 Å². The smallest absolute Gasteiger partial charge is 0.187 e. The van der Waals surface area contributed by atoms with Crippen molar-refractivity contribution in [2.45, 2.75) is 45.6 Å². The van der Waals surface area contributed by atoms with Crippen LogP contribution in [-0.2, 0) is 0 Å². The summed E-state index contributed by atoms with van der Waals surface area (Å²) in [6.07, 6.45) is 5.97. The molecule has 0 amide bonds. The molecule has 0 N–H and O–H groups in total. The third kappa shape index (κ3) is 2.21. The van der Waals surface area contributed by atoms with E-state index >= 15 is 0 Å². The molecular weight excluding hydrogens is 216 g/mol. The number of carbonyl (C=O) groups excluding carboxylic acids is 1. The molecule has 17 heavy (non-hydrogen) atoms. The number of aromatic nitrogens is 2. The minimum absolute atomic E-state index is 0.165. The van der Waals surface area contributed by atoms with Crippen LogP contribution in [0, 0.1) is 5.92 Å². The van der Waals surface area contributed by atoms with Gasteiger partial charge in [-0.3, -0.25) is 9.48 Å². The molecule has 4 heteroatoms. The second-order valence-corrected chi connectivity index (χ2v) is 4.95. The van der Waals surface area contributed by atoms with E-state index < -0.39 is 0 Å². The molecule has 2 rings (SSSR count). The zero-order valence-electron chi connectivity index (χ0n) is 10.8. The van der Waals surface area contributed by atoms with Crippen LogP contribution in [0.25, 0.3) is 0 Å². The van der Waals surface area contributed by atoms with E-state index in [1.165, 1.54) is 0 Å². The third-order valence-corrected chi connectivity index (χ3v) is 3.43. The summed E-state index contributed by atoms with van der Waals surface area (Å²) in [5.74, 6) is 0.972. The molecule has 94 valence electrons. The van der Waals surface area contributed by atoms with Crippen molar-refractivity contribution in [1.82, 2.24) is 9.78 Å². The predicted octanol–water partition coefficient (Wildman–Crippen LogP) is 2.85. The first-order chi connectivity index (χ1) is 8.15. The molecule has 1 aromatic rings. The number of ether oxygens (including phenoxy) is 1. The van der Waals surface area contributed by atoms with E-state index in [4.69, 9.17) is 4.74 Å². The van der Waals surface area contributed by atoms with Gasteiger partial charge in [0.05, 0.1) is 13.3 Å². The lowest BCUT2D eigenvalue weighted by molar-refractivity contribution is 0.0906. The molecule has 1 aromatic heterocycles. The van der Waals surface area contributed by atoms with Crippen LogP contribution in [0.15, 0.2) is 6.20 Å². The number of hydrogen-bond acceptors (Lipinski definition) is 3. The van der Waals surface area contributed by atoms with Gasteiger partial charge in [-0.2, -0.15) is 5.10 Å². The highest BCUT2D eigenvalue weighted by Crippen LogP contribution is 2.32. The van der Waals surface area contributed by atoms with Crippen LogP contribution in [0.1, 0.15) is 56.1 Å². The largest absolute Gasteiger partial charge is 0.493 e. The fourth-order valence-electron chi connectivity index (χ4n) is 2.50. The van der Waals surface area contributed by atoms with Gasteiger partial charge in [-0.25, -0.2) is 0 Å². The van der Waals surface area contributed by atoms with Crippen molar-refractivity contribution in [3.05, 3.63) is 11.9 Å². The van der Waals surface area contributed by atoms with Crippen molar-refractivity contribution in [3.63, 3.8) is 0 Å². The quantitative estimate of drug-likeness (QED) is 0.755. The summed E-state index contributed by atoms with van der Waals surface area (Å²) in [5.41, 5.74) is 0.648. The van der Waals surface area contributed by atoms with E-state index in [0.717, 1.165) is 25.7 Å². The first-order valence-electron chi connectivity index (χ1n) is 6.31. The van der Waals surface area contributed by atoms with Crippen LogP contribution < -0.4 is 4.74 Å². The van der Waals surface area contributed by atoms with Crippen molar-refractivity contribution in [1.29, 1.82) is 0 Å². The maximum Gasteiger partial charge on any atom is 0.187 e. The van der Waals surface area contributed by atoms with Gasteiger partial charge in [0.15, 0.2) is 11.5 Å². The molecule has 4 nitrogen and oxygen atoms in total. The van der Waals surface area contributed by atoms with Crippen molar-refractivity contribution in [2.75, 3.05) is 7.11 Å². The molecular formula is C13H20N2O2. The molecule has 0 unspecified atom stereocenters. The number of ketones is 1. The maximum absolute atomic E-state index is 12.5. The average Bonchev–Trinajstić information content (AvgIpc) is 2.96. The van der Waals surface area contributed by atoms with E-state index in [9.17, 15) is 4.79 Å². The molecule has 0 radical (unpaired) electrons. The minimum Gasteiger partial charge on any atom is -0.493 e. The zero-order valence-corrected chi connectivity index (χ0v) is 10.8. The Hall–Kier alpha value is -1.32. The monoisotopic (exact) mass is 236 g/mol. The van der Waals surface area contributed by atoms with Gasteiger partial charge in [0.1, 0.15) is 5.69 Å². The first kappa shape index (κ1) is 12.1. The molecule has 1 heterocycles. The summed E-state index contributed by atoms with van der Waals surface area (Å²) in [5, 5.41) is 4.25. The highest BCUT2D eigenvalue weighted by molar-refractivity contribution is 5.98. The van der Waals surface area contributed by atoms with Crippen LogP contribution in [-0.4, -0.2) is 22.7 Å². The molecule has 1 aliphatic carbocycles. The van der Waals surface area contributed by atoms with Gasteiger partial charge in [-0.15, -0.1) is 0 Å². The Morgan fingerprint density at radius 3 is 2.65 bits per heavy atom. The van der Waals surface area contributed by atoms with Crippen molar-refractivity contribution < 1.29 is 9.53 Å². The number of carbonyl (C=O) groups is 1. The summed E-state index contributed by atoms with van der Waals surface area (Å²) >= 11 is 0. The number of rotatable bonds is 4. The second-order valence-electron chi connectivity index (χ2n) is 4.95. The molecule has 0 aliphatic heterocycles. The maximum atomic E-state index is 12.5. The fourth-order valence-corrected chi connectivity index (χ4v) is 2.50. The van der Waals surface area contributed by atoms with Gasteiger partial charge in [-0.05, 0) is 26.7 Å². The third-order valence-electron chi connectivity index (χ3n) is 3.43. The van der Waals surface area contributed by atoms with Crippen LogP contribution in [0.3, 0.4) is 0 Å². The fraction of sp³-hybridized carbons (Fsp3) is 0.692. The Morgan fingerprint density at radius 1 is 1.47 bits per heavy atom. The number of hydrogen-bond donors (Lipinski definition) is 0. The number of methoxy groups -OCH3 is 1. The van der Waals surface area contributed by atoms with Gasteiger partial charge in [-0.1, -0.05) is 12.8 Å². The Bertz CT molecular complexity index is 404. The second kappa shape index (κ2) is 4.90. The Morgan fingerprint density at radius 2 is 2.12 bits per heavy atom. The van der Waals surface area contributed by atoms with Crippen LogP contribution in [0.4, 0.5) is 0 Å². The molecule has 1 fully saturated rings. The standard InChI is InChI=1S/C13H20N2O2/c1-9(2)15-12(11(17-3)8-14-15)13(16)10-6-4-5-7-10/h8-10H,4-7H2,1-3H3. The zero-order chi connectivity index (χ0) is 12.4. The lowest BCUT2D eigenvalue weighted by atomic mass is 9.99. The minimum atomic E-state index is 0.165. The van der Waals surface area contributed by atoms with Gasteiger partial charge >= 0.3 is 0 Å². The first-order valence-corrected chi connectivity index (χ1v) is 6.31. The van der Waals surface area contributed by atoms with E-state index in [1.54, 1.807) is 18.0 Å². The van der Waals surface area contributed by atoms with Crippen LogP contribution in [0.2, 0.25) is 0 Å². The Balaban J connectivity index is 2.34. The number of Topliss-reactive ketones (excluding diaryl/α,β-unsaturated/α-hetero) is 1. The lowest BCUT2D eigenvalue weighted by Crippen LogP contribution is -2.19. The lowest BCUT2D eigenvalue weighted by Gasteiger charge is -2.14. The molecule has 1 saturated carbocycles. The Kier molecular flexibility index (Phi) is 3.50. The molecule has 1 aliphatic rings. The normalized spacial score (nSPS) is 16.7. The average molecular weight is 236 g/mol.